The number of hydrogen-bond donors (Lipinski definition) is 6. The molecule has 0 spiro atoms. The number of Topliss-reactive ketones (excluding diaryl/α,β-unsaturated/α-hetero) is 2. The van der Waals surface area contributed by atoms with Crippen molar-refractivity contribution in [2.75, 3.05) is 13.7 Å². The third-order valence-electron chi connectivity index (χ3n) is 8.26. The number of ketones is 2. The number of carbonyl (C=O) groups excluding carboxylic acids is 3. The molecular formula is C30H32N2O8. The number of methoxy groups -OCH3 is 1. The number of primary amides is 1. The molecule has 210 valence electrons. The highest BCUT2D eigenvalue weighted by Crippen LogP contribution is 2.53. The van der Waals surface area contributed by atoms with Crippen LogP contribution in [0.5, 0.6) is 11.5 Å². The molecule has 7 N–H and O–H groups in total. The Bertz CT molecular complexity index is 1510. The zero-order valence-electron chi connectivity index (χ0n) is 22.3. The Morgan fingerprint density at radius 3 is 2.55 bits per heavy atom. The summed E-state index contributed by atoms with van der Waals surface area (Å²) in [5.41, 5.74) is 4.74. The Kier molecular flexibility index (Phi) is 6.93. The number of fused-ring (bicyclic) bond motifs is 3. The molecular weight excluding hydrogens is 516 g/mol. The van der Waals surface area contributed by atoms with Crippen molar-refractivity contribution in [2.45, 2.75) is 44.8 Å². The van der Waals surface area contributed by atoms with E-state index in [0.29, 0.717) is 23.4 Å². The van der Waals surface area contributed by atoms with Gasteiger partial charge in [-0.05, 0) is 66.6 Å². The van der Waals surface area contributed by atoms with E-state index in [4.69, 9.17) is 10.5 Å². The van der Waals surface area contributed by atoms with Crippen LogP contribution in [-0.4, -0.2) is 57.2 Å². The standard InChI is InChI=1S/C30H32N2O8/c1-3-8-32-13-14-4-7-22(40-2)18(9-14)17-5-6-20(33)24-19(17)11-15-10-16-12-21(34)25(29(31)38)28(37)30(16,39)27(36)23(15)26(24)35/h4-7,9,15-16,32-33,35,37,39H,3,8,10-13H2,1-2H3,(H2,31,38). The summed E-state index contributed by atoms with van der Waals surface area (Å²) in [6.07, 6.45) is 0.896. The summed E-state index contributed by atoms with van der Waals surface area (Å²) in [5, 5.41) is 47.7. The van der Waals surface area contributed by atoms with E-state index in [1.165, 1.54) is 6.07 Å². The molecule has 0 aliphatic heterocycles. The van der Waals surface area contributed by atoms with Crippen LogP contribution in [0.1, 0.15) is 42.9 Å². The molecule has 3 aliphatic rings. The maximum absolute atomic E-state index is 13.7. The minimum Gasteiger partial charge on any atom is -0.508 e. The number of hydrogen-bond acceptors (Lipinski definition) is 9. The molecule has 0 heterocycles. The Balaban J connectivity index is 1.66. The van der Waals surface area contributed by atoms with Crippen molar-refractivity contribution in [1.29, 1.82) is 0 Å². The first-order chi connectivity index (χ1) is 19.0. The highest BCUT2D eigenvalue weighted by atomic mass is 16.5. The van der Waals surface area contributed by atoms with Gasteiger partial charge in [0.2, 0.25) is 5.78 Å². The number of benzene rings is 2. The molecule has 0 aromatic heterocycles. The maximum Gasteiger partial charge on any atom is 0.255 e. The fraction of sp³-hybridized carbons (Fsp3) is 0.367. The molecule has 0 radical (unpaired) electrons. The van der Waals surface area contributed by atoms with Crippen LogP contribution >= 0.6 is 0 Å². The van der Waals surface area contributed by atoms with Crippen molar-refractivity contribution in [3.8, 4) is 22.6 Å². The van der Waals surface area contributed by atoms with Crippen molar-refractivity contribution in [3.05, 3.63) is 63.9 Å². The van der Waals surface area contributed by atoms with E-state index in [1.54, 1.807) is 13.2 Å². The fourth-order valence-electron chi connectivity index (χ4n) is 6.36. The van der Waals surface area contributed by atoms with Crippen LogP contribution in [0.4, 0.5) is 0 Å². The van der Waals surface area contributed by atoms with E-state index in [1.807, 2.05) is 18.2 Å². The number of phenolic OH excluding ortho intramolecular Hbond substituents is 1. The lowest BCUT2D eigenvalue weighted by Gasteiger charge is -2.46. The van der Waals surface area contributed by atoms with Gasteiger partial charge in [0, 0.05) is 30.0 Å². The largest absolute Gasteiger partial charge is 0.508 e. The minimum atomic E-state index is -2.59. The van der Waals surface area contributed by atoms with Crippen LogP contribution in [0.3, 0.4) is 0 Å². The lowest BCUT2D eigenvalue weighted by atomic mass is 9.59. The summed E-state index contributed by atoms with van der Waals surface area (Å²) in [5.74, 6) is -5.96. The van der Waals surface area contributed by atoms with Gasteiger partial charge in [-0.15, -0.1) is 0 Å². The molecule has 40 heavy (non-hydrogen) atoms. The van der Waals surface area contributed by atoms with Crippen molar-refractivity contribution < 1.29 is 39.5 Å². The Hall–Kier alpha value is -4.15. The molecule has 2 aromatic carbocycles. The molecule has 0 bridgehead atoms. The van der Waals surface area contributed by atoms with Gasteiger partial charge in [0.05, 0.1) is 12.7 Å². The number of nitrogens with two attached hydrogens (primary N) is 1. The van der Waals surface area contributed by atoms with E-state index in [0.717, 1.165) is 24.1 Å². The SMILES string of the molecule is CCCNCc1ccc(OC)c(-c2ccc(O)c3c2CC2CC4CC(=O)C(C(N)=O)=C(O)C4(O)C(=O)C2=C3O)c1. The van der Waals surface area contributed by atoms with Gasteiger partial charge in [0.1, 0.15) is 28.6 Å². The van der Waals surface area contributed by atoms with Crippen LogP contribution in [-0.2, 0) is 27.3 Å². The molecule has 10 heteroatoms. The van der Waals surface area contributed by atoms with Crippen LogP contribution in [0, 0.1) is 11.8 Å². The average molecular weight is 549 g/mol. The molecule has 2 aromatic rings. The second-order valence-electron chi connectivity index (χ2n) is 10.6. The number of aromatic hydroxyl groups is 1. The molecule has 3 unspecified atom stereocenters. The number of aliphatic hydroxyl groups excluding tert-OH is 2. The van der Waals surface area contributed by atoms with Crippen LogP contribution in [0.15, 0.2) is 47.2 Å². The second kappa shape index (κ2) is 10.1. The summed E-state index contributed by atoms with van der Waals surface area (Å²) < 4.78 is 5.64. The zero-order valence-corrected chi connectivity index (χ0v) is 22.3. The lowest BCUT2D eigenvalue weighted by molar-refractivity contribution is -0.147. The average Bonchev–Trinajstić information content (AvgIpc) is 2.91. The van der Waals surface area contributed by atoms with Gasteiger partial charge in [-0.3, -0.25) is 14.4 Å². The normalized spacial score (nSPS) is 24.0. The van der Waals surface area contributed by atoms with Crippen molar-refractivity contribution in [3.63, 3.8) is 0 Å². The van der Waals surface area contributed by atoms with Crippen molar-refractivity contribution >= 4 is 23.2 Å². The number of phenols is 1. The fourth-order valence-corrected chi connectivity index (χ4v) is 6.36. The van der Waals surface area contributed by atoms with Gasteiger partial charge in [-0.25, -0.2) is 0 Å². The predicted octanol–water partition coefficient (Wildman–Crippen LogP) is 2.60. The summed E-state index contributed by atoms with van der Waals surface area (Å²) in [6, 6.07) is 8.92. The highest BCUT2D eigenvalue weighted by Gasteiger charge is 2.60. The molecule has 10 nitrogen and oxygen atoms in total. The van der Waals surface area contributed by atoms with Gasteiger partial charge in [-0.2, -0.15) is 0 Å². The third kappa shape index (κ3) is 4.06. The molecule has 5 rings (SSSR count). The highest BCUT2D eigenvalue weighted by molar-refractivity contribution is 6.22. The molecule has 0 saturated heterocycles. The zero-order chi connectivity index (χ0) is 28.9. The van der Waals surface area contributed by atoms with Gasteiger partial charge in [-0.1, -0.05) is 19.1 Å². The van der Waals surface area contributed by atoms with Gasteiger partial charge in [0.15, 0.2) is 11.4 Å². The van der Waals surface area contributed by atoms with Crippen LogP contribution in [0.2, 0.25) is 0 Å². The predicted molar refractivity (Wildman–Crippen MR) is 145 cm³/mol. The first-order valence-corrected chi connectivity index (χ1v) is 13.2. The first-order valence-electron chi connectivity index (χ1n) is 13.2. The third-order valence-corrected chi connectivity index (χ3v) is 8.26. The van der Waals surface area contributed by atoms with Crippen molar-refractivity contribution in [2.24, 2.45) is 17.6 Å². The quantitative estimate of drug-likeness (QED) is 0.224. The van der Waals surface area contributed by atoms with E-state index in [-0.39, 0.29) is 36.1 Å². The Labute approximate surface area is 230 Å². The summed E-state index contributed by atoms with van der Waals surface area (Å²) >= 11 is 0. The molecule has 3 aliphatic carbocycles. The number of carbonyl (C=O) groups is 3. The summed E-state index contributed by atoms with van der Waals surface area (Å²) in [6.45, 7) is 3.57. The lowest BCUT2D eigenvalue weighted by Crippen LogP contribution is -2.58. The molecule has 3 atom stereocenters. The van der Waals surface area contributed by atoms with Gasteiger partial charge >= 0.3 is 0 Å². The topological polar surface area (TPSA) is 179 Å². The number of ether oxygens (including phenoxy) is 1. The van der Waals surface area contributed by atoms with E-state index >= 15 is 0 Å². The number of nitrogens with one attached hydrogen (secondary N) is 1. The smallest absolute Gasteiger partial charge is 0.255 e. The van der Waals surface area contributed by atoms with Gasteiger partial charge < -0.3 is 36.2 Å². The van der Waals surface area contributed by atoms with E-state index < -0.39 is 52.0 Å². The van der Waals surface area contributed by atoms with E-state index in [9.17, 15) is 34.8 Å². The second-order valence-corrected chi connectivity index (χ2v) is 10.6. The monoisotopic (exact) mass is 548 g/mol. The van der Waals surface area contributed by atoms with Crippen LogP contribution in [0.25, 0.3) is 16.9 Å². The first kappa shape index (κ1) is 27.4. The van der Waals surface area contributed by atoms with Crippen molar-refractivity contribution in [1.82, 2.24) is 5.32 Å². The molecule has 1 saturated carbocycles. The number of amides is 1. The molecule has 1 amide bonds. The maximum atomic E-state index is 13.7. The Morgan fingerprint density at radius 1 is 1.12 bits per heavy atom. The number of aliphatic hydroxyl groups is 3. The summed E-state index contributed by atoms with van der Waals surface area (Å²) in [4.78, 5) is 38.2. The van der Waals surface area contributed by atoms with Gasteiger partial charge in [0.25, 0.3) is 5.91 Å². The number of rotatable bonds is 7. The summed E-state index contributed by atoms with van der Waals surface area (Å²) in [7, 11) is 1.55. The van der Waals surface area contributed by atoms with Crippen LogP contribution < -0.4 is 15.8 Å². The Morgan fingerprint density at radius 2 is 1.88 bits per heavy atom. The molecule has 1 fully saturated rings. The minimum absolute atomic E-state index is 0.0428. The van der Waals surface area contributed by atoms with E-state index in [2.05, 4.69) is 12.2 Å².